The van der Waals surface area contributed by atoms with Crippen molar-refractivity contribution in [3.05, 3.63) is 239 Å². The Balaban J connectivity index is 1.07. The fourth-order valence-electron chi connectivity index (χ4n) is 11.9. The molecule has 3 atom stereocenters. The number of fused-ring (bicyclic) bond motifs is 15. The molecule has 13 rings (SSSR count). The maximum absolute atomic E-state index is 2.53. The van der Waals surface area contributed by atoms with Gasteiger partial charge in [-0.15, -0.1) is 0 Å². The molecular formula is C59H44N2. The predicted molar refractivity (Wildman–Crippen MR) is 254 cm³/mol. The van der Waals surface area contributed by atoms with Crippen molar-refractivity contribution in [3.8, 4) is 27.9 Å². The molecule has 4 aliphatic rings. The highest BCUT2D eigenvalue weighted by Crippen LogP contribution is 2.62. The van der Waals surface area contributed by atoms with Crippen LogP contribution in [0.1, 0.15) is 65.6 Å². The van der Waals surface area contributed by atoms with E-state index in [4.69, 9.17) is 0 Å². The zero-order valence-electron chi connectivity index (χ0n) is 34.6. The maximum Gasteiger partial charge on any atom is 0.0755 e. The highest BCUT2D eigenvalue weighted by molar-refractivity contribution is 6.13. The summed E-state index contributed by atoms with van der Waals surface area (Å²) in [6, 6.07) is 67.0. The Labute approximate surface area is 357 Å². The van der Waals surface area contributed by atoms with Crippen molar-refractivity contribution in [1.82, 2.24) is 4.57 Å². The lowest BCUT2D eigenvalue weighted by atomic mass is 9.65. The summed E-state index contributed by atoms with van der Waals surface area (Å²) in [5.41, 5.74) is 21.3. The summed E-state index contributed by atoms with van der Waals surface area (Å²) in [5, 5.41) is 2.59. The first kappa shape index (κ1) is 34.7. The molecule has 290 valence electrons. The van der Waals surface area contributed by atoms with E-state index in [2.05, 4.69) is 230 Å². The van der Waals surface area contributed by atoms with Gasteiger partial charge in [-0.1, -0.05) is 172 Å². The smallest absolute Gasteiger partial charge is 0.0755 e. The Morgan fingerprint density at radius 2 is 1.03 bits per heavy atom. The van der Waals surface area contributed by atoms with Gasteiger partial charge >= 0.3 is 0 Å². The Morgan fingerprint density at radius 1 is 0.459 bits per heavy atom. The third-order valence-electron chi connectivity index (χ3n) is 14.7. The molecule has 2 nitrogen and oxygen atoms in total. The maximum atomic E-state index is 2.53. The largest absolute Gasteiger partial charge is 0.310 e. The first-order valence-corrected chi connectivity index (χ1v) is 21.8. The van der Waals surface area contributed by atoms with Crippen LogP contribution in [-0.4, -0.2) is 4.57 Å². The normalized spacial score (nSPS) is 19.5. The molecule has 0 saturated heterocycles. The molecule has 3 aliphatic carbocycles. The Hall–Kier alpha value is -7.16. The van der Waals surface area contributed by atoms with Crippen molar-refractivity contribution in [2.24, 2.45) is 5.92 Å². The summed E-state index contributed by atoms with van der Waals surface area (Å²) in [7, 11) is 0. The fourth-order valence-corrected chi connectivity index (χ4v) is 11.9. The SMILES string of the molecule is CC1C=CC=CC1c1ccc(N(c2ccc3c(c2)C(C)(C)c2ccccc2-3)c2ccc3c(c2)C2(c4ccccc4-3)c3ccccc3-n3c4ccccc4c4cccc2c43)cc1. The first-order chi connectivity index (χ1) is 29.9. The summed E-state index contributed by atoms with van der Waals surface area (Å²) in [4.78, 5) is 2.51. The minimum absolute atomic E-state index is 0.124. The van der Waals surface area contributed by atoms with Gasteiger partial charge in [0.15, 0.2) is 0 Å². The second-order valence-electron chi connectivity index (χ2n) is 18.1. The highest BCUT2D eigenvalue weighted by atomic mass is 15.1. The zero-order chi connectivity index (χ0) is 40.6. The third kappa shape index (κ3) is 4.52. The van der Waals surface area contributed by atoms with Crippen molar-refractivity contribution < 1.29 is 0 Å². The lowest BCUT2D eigenvalue weighted by molar-refractivity contribution is 0.635. The van der Waals surface area contributed by atoms with Crippen LogP contribution in [-0.2, 0) is 10.8 Å². The first-order valence-electron chi connectivity index (χ1n) is 21.8. The van der Waals surface area contributed by atoms with E-state index in [-0.39, 0.29) is 5.41 Å². The Bertz CT molecular complexity index is 3370. The molecule has 2 heterocycles. The summed E-state index contributed by atoms with van der Waals surface area (Å²) in [6.45, 7) is 7.08. The van der Waals surface area contributed by atoms with Gasteiger partial charge in [0.05, 0.1) is 22.1 Å². The molecule has 0 radical (unpaired) electrons. The zero-order valence-corrected chi connectivity index (χ0v) is 34.6. The lowest BCUT2D eigenvalue weighted by Gasteiger charge is -2.40. The van der Waals surface area contributed by atoms with Gasteiger partial charge < -0.3 is 9.47 Å². The van der Waals surface area contributed by atoms with Gasteiger partial charge in [-0.25, -0.2) is 0 Å². The molecule has 3 unspecified atom stereocenters. The van der Waals surface area contributed by atoms with Crippen molar-refractivity contribution >= 4 is 38.9 Å². The number of aromatic nitrogens is 1. The van der Waals surface area contributed by atoms with Crippen LogP contribution in [0.2, 0.25) is 0 Å². The standard InChI is InChI=1S/C59H44N2/c1-37-15-4-5-16-42(37)38-27-29-39(30-28-38)60(40-31-33-45-43-17-6-9-21-49(43)58(2,3)53(45)35-40)41-32-34-46-44-18-7-10-22-50(44)59(54(46)36-41)51-23-11-13-26-56(51)61-55-25-12-8-19-47(55)48-20-14-24-52(59)57(48)61/h4-37,42H,1-3H3. The molecule has 1 spiro atoms. The number of rotatable bonds is 4. The molecule has 1 aliphatic heterocycles. The van der Waals surface area contributed by atoms with Crippen molar-refractivity contribution in [2.45, 2.75) is 37.5 Å². The molecule has 0 amide bonds. The van der Waals surface area contributed by atoms with E-state index in [1.54, 1.807) is 0 Å². The van der Waals surface area contributed by atoms with Crippen LogP contribution in [0.15, 0.2) is 200 Å². The van der Waals surface area contributed by atoms with E-state index in [0.29, 0.717) is 11.8 Å². The van der Waals surface area contributed by atoms with E-state index >= 15 is 0 Å². The molecule has 61 heavy (non-hydrogen) atoms. The monoisotopic (exact) mass is 780 g/mol. The molecule has 0 fully saturated rings. The van der Waals surface area contributed by atoms with E-state index in [9.17, 15) is 0 Å². The molecular weight excluding hydrogens is 737 g/mol. The summed E-state index contributed by atoms with van der Waals surface area (Å²) >= 11 is 0. The number of allylic oxidation sites excluding steroid dienone is 4. The average molecular weight is 781 g/mol. The number of hydrogen-bond donors (Lipinski definition) is 0. The number of nitrogens with zero attached hydrogens (tertiary/aromatic N) is 2. The highest BCUT2D eigenvalue weighted by Gasteiger charge is 2.51. The average Bonchev–Trinajstić information content (AvgIpc) is 3.88. The lowest BCUT2D eigenvalue weighted by Crippen LogP contribution is -2.33. The summed E-state index contributed by atoms with van der Waals surface area (Å²) in [5.74, 6) is 0.804. The number of benzene rings is 8. The van der Waals surface area contributed by atoms with Gasteiger partial charge in [-0.3, -0.25) is 0 Å². The minimum atomic E-state index is -0.531. The van der Waals surface area contributed by atoms with Crippen molar-refractivity contribution in [2.75, 3.05) is 4.90 Å². The van der Waals surface area contributed by atoms with Gasteiger partial charge in [0.25, 0.3) is 0 Å². The van der Waals surface area contributed by atoms with Crippen LogP contribution >= 0.6 is 0 Å². The van der Waals surface area contributed by atoms with E-state index in [1.165, 1.54) is 88.7 Å². The van der Waals surface area contributed by atoms with Crippen molar-refractivity contribution in [3.63, 3.8) is 0 Å². The topological polar surface area (TPSA) is 8.17 Å². The van der Waals surface area contributed by atoms with Gasteiger partial charge in [-0.05, 0) is 116 Å². The molecule has 2 heteroatoms. The number of para-hydroxylation sites is 3. The van der Waals surface area contributed by atoms with Crippen LogP contribution in [0.3, 0.4) is 0 Å². The molecule has 8 aromatic carbocycles. The predicted octanol–water partition coefficient (Wildman–Crippen LogP) is 15.1. The van der Waals surface area contributed by atoms with E-state index < -0.39 is 5.41 Å². The van der Waals surface area contributed by atoms with E-state index in [1.807, 2.05) is 0 Å². The van der Waals surface area contributed by atoms with Gasteiger partial charge in [0.2, 0.25) is 0 Å². The van der Waals surface area contributed by atoms with Crippen LogP contribution in [0.4, 0.5) is 17.1 Å². The van der Waals surface area contributed by atoms with Crippen LogP contribution in [0, 0.1) is 5.92 Å². The second-order valence-corrected chi connectivity index (χ2v) is 18.1. The molecule has 0 saturated carbocycles. The van der Waals surface area contributed by atoms with Crippen LogP contribution in [0.5, 0.6) is 0 Å². The number of anilines is 3. The van der Waals surface area contributed by atoms with Crippen LogP contribution < -0.4 is 4.90 Å². The van der Waals surface area contributed by atoms with Gasteiger partial charge in [0, 0.05) is 39.2 Å². The third-order valence-corrected chi connectivity index (χ3v) is 14.7. The Morgan fingerprint density at radius 3 is 1.82 bits per heavy atom. The fraction of sp³-hybridized carbons (Fsp3) is 0.119. The summed E-state index contributed by atoms with van der Waals surface area (Å²) in [6.07, 6.45) is 9.03. The van der Waals surface area contributed by atoms with E-state index in [0.717, 1.165) is 17.1 Å². The second kappa shape index (κ2) is 12.4. The Kier molecular flexibility index (Phi) is 7.07. The summed E-state index contributed by atoms with van der Waals surface area (Å²) < 4.78 is 2.53. The van der Waals surface area contributed by atoms with Gasteiger partial charge in [0.1, 0.15) is 0 Å². The van der Waals surface area contributed by atoms with Crippen LogP contribution in [0.25, 0.3) is 49.7 Å². The van der Waals surface area contributed by atoms with Crippen molar-refractivity contribution in [1.29, 1.82) is 0 Å². The minimum Gasteiger partial charge on any atom is -0.310 e. The van der Waals surface area contributed by atoms with Gasteiger partial charge in [-0.2, -0.15) is 0 Å². The molecule has 9 aromatic rings. The molecule has 0 N–H and O–H groups in total. The number of hydrogen-bond acceptors (Lipinski definition) is 1. The quantitative estimate of drug-likeness (QED) is 0.173. The molecule has 0 bridgehead atoms. The molecule has 1 aromatic heterocycles.